The van der Waals surface area contributed by atoms with Crippen LogP contribution in [0.5, 0.6) is 5.75 Å². The van der Waals surface area contributed by atoms with Gasteiger partial charge in [0.2, 0.25) is 5.91 Å². The number of carbonyl (C=O) groups excluding carboxylic acids is 1. The van der Waals surface area contributed by atoms with Crippen molar-refractivity contribution in [1.29, 1.82) is 0 Å². The second kappa shape index (κ2) is 10.7. The molecule has 2 aliphatic heterocycles. The lowest BCUT2D eigenvalue weighted by Crippen LogP contribution is -2.53. The summed E-state index contributed by atoms with van der Waals surface area (Å²) in [4.78, 5) is 19.4. The minimum absolute atomic E-state index is 0.175. The van der Waals surface area contributed by atoms with Gasteiger partial charge in [-0.2, -0.15) is 13.2 Å². The maximum atomic E-state index is 13.4. The van der Waals surface area contributed by atoms with E-state index < -0.39 is 17.8 Å². The van der Waals surface area contributed by atoms with E-state index in [0.717, 1.165) is 36.7 Å². The second-order valence-electron chi connectivity index (χ2n) is 8.72. The molecule has 1 amide bonds. The summed E-state index contributed by atoms with van der Waals surface area (Å²) < 4.78 is 50.8. The molecule has 2 fully saturated rings. The van der Waals surface area contributed by atoms with E-state index in [-0.39, 0.29) is 11.6 Å². The lowest BCUT2D eigenvalue weighted by Gasteiger charge is -2.38. The minimum atomic E-state index is -4.49. The first-order chi connectivity index (χ1) is 16.8. The van der Waals surface area contributed by atoms with E-state index in [1.165, 1.54) is 6.07 Å². The normalized spacial score (nSPS) is 18.3. The maximum Gasteiger partial charge on any atom is 0.416 e. The third kappa shape index (κ3) is 5.99. The molecule has 2 aromatic rings. The van der Waals surface area contributed by atoms with Crippen molar-refractivity contribution in [3.8, 4) is 5.75 Å². The summed E-state index contributed by atoms with van der Waals surface area (Å²) in [7, 11) is 1.63. The van der Waals surface area contributed by atoms with Crippen LogP contribution in [0, 0.1) is 0 Å². The van der Waals surface area contributed by atoms with Crippen LogP contribution in [0.2, 0.25) is 0 Å². The average molecular weight is 493 g/mol. The molecule has 2 aliphatic rings. The van der Waals surface area contributed by atoms with Crippen molar-refractivity contribution in [2.24, 2.45) is 0 Å². The highest BCUT2D eigenvalue weighted by molar-refractivity contribution is 5.97. The van der Waals surface area contributed by atoms with E-state index in [2.05, 4.69) is 10.2 Å². The number of benzene rings is 2. The summed E-state index contributed by atoms with van der Waals surface area (Å²) in [5.41, 5.74) is 1.02. The van der Waals surface area contributed by atoms with Crippen LogP contribution in [0.3, 0.4) is 0 Å². The number of ether oxygens (including phenoxy) is 2. The van der Waals surface area contributed by atoms with Crippen LogP contribution in [0.15, 0.2) is 42.5 Å². The number of hydrogen-bond donors (Lipinski definition) is 1. The van der Waals surface area contributed by atoms with Crippen LogP contribution >= 0.6 is 0 Å². The molecular weight excluding hydrogens is 461 g/mol. The van der Waals surface area contributed by atoms with Crippen molar-refractivity contribution in [2.45, 2.75) is 19.1 Å². The van der Waals surface area contributed by atoms with Crippen LogP contribution in [0.4, 0.5) is 30.2 Å². The molecule has 2 aromatic carbocycles. The number of amides is 1. The highest BCUT2D eigenvalue weighted by Gasteiger charge is 2.33. The largest absolute Gasteiger partial charge is 0.497 e. The van der Waals surface area contributed by atoms with E-state index in [0.29, 0.717) is 45.1 Å². The third-order valence-corrected chi connectivity index (χ3v) is 6.59. The highest BCUT2D eigenvalue weighted by Crippen LogP contribution is 2.36. The quantitative estimate of drug-likeness (QED) is 0.664. The van der Waals surface area contributed by atoms with Gasteiger partial charge in [-0.25, -0.2) is 0 Å². The standard InChI is InChI=1S/C25H31F3N4O3/c1-18(30-8-10-31(11-9-30)20-4-3-5-21(17-20)34-2)24(33)29-22-16-19(25(26,27)28)6-7-23(22)32-12-14-35-15-13-32/h3-7,16-18H,8-15H2,1-2H3,(H,29,33). The summed E-state index contributed by atoms with van der Waals surface area (Å²) in [6.45, 7) is 6.64. The number of methoxy groups -OCH3 is 1. The molecule has 0 saturated carbocycles. The number of morpholine rings is 1. The highest BCUT2D eigenvalue weighted by atomic mass is 19.4. The summed E-state index contributed by atoms with van der Waals surface area (Å²) in [5.74, 6) is 0.462. The maximum absolute atomic E-state index is 13.4. The first-order valence-electron chi connectivity index (χ1n) is 11.7. The smallest absolute Gasteiger partial charge is 0.416 e. The van der Waals surface area contributed by atoms with Crippen molar-refractivity contribution in [3.63, 3.8) is 0 Å². The van der Waals surface area contributed by atoms with Crippen molar-refractivity contribution in [2.75, 3.05) is 74.7 Å². The molecule has 190 valence electrons. The van der Waals surface area contributed by atoms with Gasteiger partial charge in [-0.15, -0.1) is 0 Å². The Morgan fingerprint density at radius 2 is 1.71 bits per heavy atom. The Hall–Kier alpha value is -2.98. The van der Waals surface area contributed by atoms with Gasteiger partial charge in [-0.05, 0) is 37.3 Å². The van der Waals surface area contributed by atoms with Gasteiger partial charge in [0.25, 0.3) is 0 Å². The lowest BCUT2D eigenvalue weighted by atomic mass is 10.1. The van der Waals surface area contributed by atoms with Gasteiger partial charge in [0.1, 0.15) is 5.75 Å². The molecule has 35 heavy (non-hydrogen) atoms. The second-order valence-corrected chi connectivity index (χ2v) is 8.72. The van der Waals surface area contributed by atoms with Gasteiger partial charge >= 0.3 is 6.18 Å². The molecule has 0 bridgehead atoms. The molecule has 2 saturated heterocycles. The van der Waals surface area contributed by atoms with Crippen LogP contribution < -0.4 is 19.9 Å². The van der Waals surface area contributed by atoms with Gasteiger partial charge in [0, 0.05) is 51.0 Å². The molecule has 0 radical (unpaired) electrons. The van der Waals surface area contributed by atoms with Crippen LogP contribution in [-0.2, 0) is 15.7 Å². The Balaban J connectivity index is 1.44. The van der Waals surface area contributed by atoms with E-state index >= 15 is 0 Å². The minimum Gasteiger partial charge on any atom is -0.497 e. The predicted molar refractivity (Wildman–Crippen MR) is 129 cm³/mol. The molecule has 4 rings (SSSR count). The van der Waals surface area contributed by atoms with Gasteiger partial charge in [-0.3, -0.25) is 9.69 Å². The molecule has 1 atom stereocenters. The van der Waals surface area contributed by atoms with Crippen molar-refractivity contribution >= 4 is 23.0 Å². The Bertz CT molecular complexity index is 1020. The molecule has 2 heterocycles. The van der Waals surface area contributed by atoms with Gasteiger partial charge in [-0.1, -0.05) is 6.07 Å². The fourth-order valence-electron chi connectivity index (χ4n) is 4.47. The number of piperazine rings is 1. The number of hydrogen-bond acceptors (Lipinski definition) is 6. The Labute approximate surface area is 203 Å². The van der Waals surface area contributed by atoms with Crippen LogP contribution in [0.25, 0.3) is 0 Å². The number of carbonyl (C=O) groups is 1. The van der Waals surface area contributed by atoms with E-state index in [1.54, 1.807) is 14.0 Å². The number of alkyl halides is 3. The van der Waals surface area contributed by atoms with E-state index in [4.69, 9.17) is 9.47 Å². The van der Waals surface area contributed by atoms with Gasteiger partial charge in [0.15, 0.2) is 0 Å². The molecule has 0 aliphatic carbocycles. The summed E-state index contributed by atoms with van der Waals surface area (Å²) in [5, 5.41) is 2.78. The Morgan fingerprint density at radius 1 is 1.00 bits per heavy atom. The summed E-state index contributed by atoms with van der Waals surface area (Å²) >= 11 is 0. The molecule has 0 aromatic heterocycles. The van der Waals surface area contributed by atoms with Gasteiger partial charge in [0.05, 0.1) is 43.3 Å². The molecule has 10 heteroatoms. The fraction of sp³-hybridized carbons (Fsp3) is 0.480. The third-order valence-electron chi connectivity index (χ3n) is 6.59. The molecule has 0 spiro atoms. The number of nitrogens with zero attached hydrogens (tertiary/aromatic N) is 3. The number of anilines is 3. The molecule has 1 N–H and O–H groups in total. The molecular formula is C25H31F3N4O3. The monoisotopic (exact) mass is 492 g/mol. The molecule has 7 nitrogen and oxygen atoms in total. The number of nitrogens with one attached hydrogen (secondary N) is 1. The van der Waals surface area contributed by atoms with E-state index in [9.17, 15) is 18.0 Å². The Morgan fingerprint density at radius 3 is 2.37 bits per heavy atom. The zero-order valence-corrected chi connectivity index (χ0v) is 20.0. The van der Waals surface area contributed by atoms with Gasteiger partial charge < -0.3 is 24.6 Å². The van der Waals surface area contributed by atoms with Crippen molar-refractivity contribution in [3.05, 3.63) is 48.0 Å². The lowest BCUT2D eigenvalue weighted by molar-refractivity contribution is -0.137. The van der Waals surface area contributed by atoms with Crippen molar-refractivity contribution < 1.29 is 27.4 Å². The van der Waals surface area contributed by atoms with Crippen LogP contribution in [-0.4, -0.2) is 76.4 Å². The first kappa shape index (κ1) is 25.1. The fourth-order valence-corrected chi connectivity index (χ4v) is 4.47. The predicted octanol–water partition coefficient (Wildman–Crippen LogP) is 3.70. The first-order valence-corrected chi connectivity index (χ1v) is 11.7. The zero-order valence-electron chi connectivity index (χ0n) is 20.0. The van der Waals surface area contributed by atoms with Crippen LogP contribution in [0.1, 0.15) is 12.5 Å². The zero-order chi connectivity index (χ0) is 25.0. The topological polar surface area (TPSA) is 57.3 Å². The van der Waals surface area contributed by atoms with Crippen molar-refractivity contribution in [1.82, 2.24) is 4.90 Å². The summed E-state index contributed by atoms with van der Waals surface area (Å²) in [6, 6.07) is 10.9. The number of halogens is 3. The van der Waals surface area contributed by atoms with E-state index in [1.807, 2.05) is 34.1 Å². The molecule has 1 unspecified atom stereocenters. The number of rotatable bonds is 6. The Kier molecular flexibility index (Phi) is 7.71. The SMILES string of the molecule is COc1cccc(N2CCN(C(C)C(=O)Nc3cc(C(F)(F)F)ccc3N3CCOCC3)CC2)c1. The average Bonchev–Trinajstić information content (AvgIpc) is 2.88. The summed E-state index contributed by atoms with van der Waals surface area (Å²) in [6.07, 6.45) is -4.49.